The number of amides is 1. The van der Waals surface area contributed by atoms with E-state index in [0.29, 0.717) is 0 Å². The molecule has 7 nitrogen and oxygen atoms in total. The molecule has 132 valence electrons. The molecule has 0 aliphatic heterocycles. The van der Waals surface area contributed by atoms with Crippen LogP contribution in [0.25, 0.3) is 11.4 Å². The molecule has 0 spiro atoms. The summed E-state index contributed by atoms with van der Waals surface area (Å²) in [7, 11) is -2.85. The van der Waals surface area contributed by atoms with Crippen LogP contribution in [0, 0.1) is 5.82 Å². The van der Waals surface area contributed by atoms with Crippen molar-refractivity contribution in [2.24, 2.45) is 0 Å². The lowest BCUT2D eigenvalue weighted by molar-refractivity contribution is 0.0963. The Hall–Kier alpha value is -3.55. The number of nitrogens with zero attached hydrogens (tertiary/aromatic N) is 3. The third-order valence-corrected chi connectivity index (χ3v) is 3.43. The van der Waals surface area contributed by atoms with Crippen LogP contribution < -0.4 is 15.4 Å². The number of methoxy groups -OCH3 is 1. The number of pyridine rings is 1. The van der Waals surface area contributed by atoms with Crippen molar-refractivity contribution in [3.05, 3.63) is 60.4 Å². The zero-order valence-electron chi connectivity index (χ0n) is 19.2. The Morgan fingerprint density at radius 3 is 2.81 bits per heavy atom. The van der Waals surface area contributed by atoms with E-state index in [9.17, 15) is 9.18 Å². The van der Waals surface area contributed by atoms with Crippen molar-refractivity contribution < 1.29 is 22.1 Å². The zero-order chi connectivity index (χ0) is 23.5. The van der Waals surface area contributed by atoms with E-state index in [4.69, 9.17) is 13.0 Å². The molecule has 26 heavy (non-hydrogen) atoms. The highest BCUT2D eigenvalue weighted by atomic mass is 19.1. The smallest absolute Gasteiger partial charge is 0.254 e. The largest absolute Gasteiger partial charge is 0.494 e. The summed E-state index contributed by atoms with van der Waals surface area (Å²) in [5.41, 5.74) is 0.288. The van der Waals surface area contributed by atoms with E-state index in [1.54, 1.807) is 6.07 Å². The van der Waals surface area contributed by atoms with Gasteiger partial charge in [-0.25, -0.2) is 14.4 Å². The van der Waals surface area contributed by atoms with Gasteiger partial charge in [-0.05, 0) is 18.2 Å². The third kappa shape index (κ3) is 3.44. The molecule has 0 unspecified atom stereocenters. The average Bonchev–Trinajstić information content (AvgIpc) is 2.68. The van der Waals surface area contributed by atoms with Crippen LogP contribution in [0.5, 0.6) is 5.75 Å². The highest BCUT2D eigenvalue weighted by molar-refractivity contribution is 6.00. The normalized spacial score (nSPS) is 14.7. The summed E-state index contributed by atoms with van der Waals surface area (Å²) in [4.78, 5) is 23.9. The van der Waals surface area contributed by atoms with E-state index in [0.717, 1.165) is 18.6 Å². The summed E-state index contributed by atoms with van der Waals surface area (Å²) in [5.74, 6) is -1.78. The second-order valence-electron chi connectivity index (χ2n) is 5.01. The second-order valence-corrected chi connectivity index (χ2v) is 5.01. The molecule has 2 N–H and O–H groups in total. The number of hydrogen-bond donors (Lipinski definition) is 2. The van der Waals surface area contributed by atoms with E-state index in [2.05, 4.69) is 20.3 Å². The van der Waals surface area contributed by atoms with E-state index < -0.39 is 25.7 Å². The van der Waals surface area contributed by atoms with Crippen molar-refractivity contribution in [2.45, 2.75) is 0 Å². The Morgan fingerprint density at radius 1 is 1.19 bits per heavy atom. The van der Waals surface area contributed by atoms with Gasteiger partial charge in [0.05, 0.1) is 46.0 Å². The summed E-state index contributed by atoms with van der Waals surface area (Å²) in [6.07, 6.45) is 4.34. The summed E-state index contributed by atoms with van der Waals surface area (Å²) < 4.78 is 62.5. The van der Waals surface area contributed by atoms with Crippen molar-refractivity contribution in [1.29, 1.82) is 0 Å². The first-order chi connectivity index (χ1) is 14.9. The Balaban J connectivity index is 2.07. The molecule has 3 aromatic rings. The number of benzene rings is 1. The molecule has 8 heteroatoms. The molecule has 0 fully saturated rings. The average molecular weight is 359 g/mol. The Bertz CT molecular complexity index is 1120. The van der Waals surface area contributed by atoms with Gasteiger partial charge in [-0.15, -0.1) is 0 Å². The first-order valence-corrected chi connectivity index (χ1v) is 7.26. The summed E-state index contributed by atoms with van der Waals surface area (Å²) in [6.45, 7) is -2.72. The van der Waals surface area contributed by atoms with Gasteiger partial charge >= 0.3 is 0 Å². The number of carbonyl (C=O) groups excluding carboxylic acids is 1. The molecule has 0 radical (unpaired) electrons. The van der Waals surface area contributed by atoms with Crippen LogP contribution in [0.1, 0.15) is 18.6 Å². The van der Waals surface area contributed by atoms with Gasteiger partial charge in [0.15, 0.2) is 17.4 Å². The predicted octanol–water partition coefficient (Wildman–Crippen LogP) is 2.79. The number of halogens is 1. The van der Waals surface area contributed by atoms with E-state index in [1.165, 1.54) is 24.4 Å². The number of ether oxygens (including phenoxy) is 1. The number of carbonyl (C=O) groups is 1. The number of hydrogen-bond acceptors (Lipinski definition) is 6. The first kappa shape index (κ1) is 11.1. The van der Waals surface area contributed by atoms with Gasteiger partial charge in [-0.3, -0.25) is 9.78 Å². The van der Waals surface area contributed by atoms with Gasteiger partial charge in [0.1, 0.15) is 0 Å². The maximum absolute atomic E-state index is 13.2. The second kappa shape index (κ2) is 7.56. The summed E-state index contributed by atoms with van der Waals surface area (Å²) in [6, 6.07) is 5.89. The number of nitrogens with one attached hydrogen (secondary N) is 2. The molecular formula is C18H16FN5O2. The lowest BCUT2D eigenvalue weighted by Gasteiger charge is -2.16. The third-order valence-electron chi connectivity index (χ3n) is 3.43. The first-order valence-electron chi connectivity index (χ1n) is 10.3. The Morgan fingerprint density at radius 2 is 2.04 bits per heavy atom. The van der Waals surface area contributed by atoms with Crippen LogP contribution in [0.2, 0.25) is 0 Å². The minimum Gasteiger partial charge on any atom is -0.494 e. The topological polar surface area (TPSA) is 89.0 Å². The fourth-order valence-corrected chi connectivity index (χ4v) is 2.27. The van der Waals surface area contributed by atoms with Gasteiger partial charge in [0, 0.05) is 23.5 Å². The number of rotatable bonds is 5. The molecule has 1 amide bonds. The predicted molar refractivity (Wildman–Crippen MR) is 94.9 cm³/mol. The maximum Gasteiger partial charge on any atom is 0.254 e. The van der Waals surface area contributed by atoms with Crippen molar-refractivity contribution in [3.8, 4) is 17.1 Å². The van der Waals surface area contributed by atoms with E-state index >= 15 is 0 Å². The zero-order valence-corrected chi connectivity index (χ0v) is 13.2. The van der Waals surface area contributed by atoms with E-state index in [1.807, 2.05) is 5.32 Å². The highest BCUT2D eigenvalue weighted by Crippen LogP contribution is 2.36. The van der Waals surface area contributed by atoms with Gasteiger partial charge in [-0.1, -0.05) is 6.07 Å². The quantitative estimate of drug-likeness (QED) is 0.728. The molecule has 0 bridgehead atoms. The molecule has 3 rings (SSSR count). The van der Waals surface area contributed by atoms with Gasteiger partial charge in [-0.2, -0.15) is 0 Å². The molecule has 0 saturated heterocycles. The van der Waals surface area contributed by atoms with Crippen LogP contribution in [-0.4, -0.2) is 34.9 Å². The SMILES string of the molecule is [2H]C([2H])([2H])NC(=O)c1cnccc1Nc1cccc(-c2ncc(F)cn2)c1OC([2H])([2H])[2H]. The monoisotopic (exact) mass is 359 g/mol. The Kier molecular flexibility index (Phi) is 3.24. The molecule has 0 saturated carbocycles. The minimum atomic E-state index is -2.85. The summed E-state index contributed by atoms with van der Waals surface area (Å²) in [5, 5.41) is 4.72. The Labute approximate surface area is 157 Å². The number of anilines is 2. The lowest BCUT2D eigenvalue weighted by Crippen LogP contribution is -2.19. The van der Waals surface area contributed by atoms with Crippen molar-refractivity contribution in [1.82, 2.24) is 20.3 Å². The standard InChI is InChI=1S/C18H16FN5O2/c1-20-18(25)13-10-21-7-6-14(13)24-15-5-3-4-12(16(15)26-2)17-22-8-11(19)9-23-17/h3-10H,1-2H3,(H,20,25)(H,21,24)/i1D3,2D3. The number of para-hydroxylation sites is 1. The molecular weight excluding hydrogens is 337 g/mol. The molecule has 0 aliphatic carbocycles. The van der Waals surface area contributed by atoms with Gasteiger partial charge in [0.25, 0.3) is 5.91 Å². The molecule has 0 aliphatic rings. The summed E-state index contributed by atoms with van der Waals surface area (Å²) >= 11 is 0. The minimum absolute atomic E-state index is 0.00407. The molecule has 1 aromatic carbocycles. The molecule has 0 atom stereocenters. The lowest BCUT2D eigenvalue weighted by atomic mass is 10.1. The van der Waals surface area contributed by atoms with Crippen LogP contribution >= 0.6 is 0 Å². The van der Waals surface area contributed by atoms with Crippen molar-refractivity contribution >= 4 is 17.3 Å². The van der Waals surface area contributed by atoms with Crippen LogP contribution in [0.3, 0.4) is 0 Å². The highest BCUT2D eigenvalue weighted by Gasteiger charge is 2.16. The van der Waals surface area contributed by atoms with Crippen LogP contribution in [-0.2, 0) is 0 Å². The molecule has 2 heterocycles. The van der Waals surface area contributed by atoms with Gasteiger partial charge in [0.2, 0.25) is 0 Å². The van der Waals surface area contributed by atoms with Gasteiger partial charge < -0.3 is 15.4 Å². The molecule has 2 aromatic heterocycles. The van der Waals surface area contributed by atoms with Crippen LogP contribution in [0.4, 0.5) is 15.8 Å². The van der Waals surface area contributed by atoms with Crippen molar-refractivity contribution in [3.63, 3.8) is 0 Å². The fourth-order valence-electron chi connectivity index (χ4n) is 2.27. The van der Waals surface area contributed by atoms with Crippen LogP contribution in [0.15, 0.2) is 49.1 Å². The van der Waals surface area contributed by atoms with E-state index in [-0.39, 0.29) is 34.1 Å². The maximum atomic E-state index is 13.2. The van der Waals surface area contributed by atoms with Crippen molar-refractivity contribution in [2.75, 3.05) is 19.3 Å². The fraction of sp³-hybridized carbons (Fsp3) is 0.111. The number of aromatic nitrogens is 3.